The summed E-state index contributed by atoms with van der Waals surface area (Å²) >= 11 is 0. The van der Waals surface area contributed by atoms with E-state index in [0.717, 1.165) is 30.0 Å². The highest BCUT2D eigenvalue weighted by molar-refractivity contribution is 5.37. The van der Waals surface area contributed by atoms with E-state index in [1.165, 1.54) is 5.56 Å². The summed E-state index contributed by atoms with van der Waals surface area (Å²) in [6.45, 7) is 6.46. The topological polar surface area (TPSA) is 45.0 Å². The third kappa shape index (κ3) is 4.34. The SMILES string of the molecule is CCNCc1ccc(OCc2ccc(C#N)cc2C)cc1. The summed E-state index contributed by atoms with van der Waals surface area (Å²) in [5.74, 6) is 0.860. The molecule has 0 heterocycles. The van der Waals surface area contributed by atoms with E-state index in [1.54, 1.807) is 0 Å². The van der Waals surface area contributed by atoms with Gasteiger partial charge in [0.05, 0.1) is 11.6 Å². The lowest BCUT2D eigenvalue weighted by Gasteiger charge is -2.10. The fourth-order valence-corrected chi connectivity index (χ4v) is 2.06. The van der Waals surface area contributed by atoms with Gasteiger partial charge in [-0.3, -0.25) is 0 Å². The Balaban J connectivity index is 1.95. The lowest BCUT2D eigenvalue weighted by molar-refractivity contribution is 0.305. The van der Waals surface area contributed by atoms with Gasteiger partial charge in [0.15, 0.2) is 0 Å². The number of rotatable bonds is 6. The van der Waals surface area contributed by atoms with Gasteiger partial charge < -0.3 is 10.1 Å². The van der Waals surface area contributed by atoms with Gasteiger partial charge in [-0.15, -0.1) is 0 Å². The summed E-state index contributed by atoms with van der Waals surface area (Å²) in [5.41, 5.74) is 4.12. The molecule has 2 aromatic carbocycles. The average molecular weight is 280 g/mol. The van der Waals surface area contributed by atoms with Crippen LogP contribution in [-0.4, -0.2) is 6.54 Å². The molecule has 0 fully saturated rings. The summed E-state index contributed by atoms with van der Waals surface area (Å²) in [5, 5.41) is 12.2. The fourth-order valence-electron chi connectivity index (χ4n) is 2.06. The van der Waals surface area contributed by atoms with Crippen LogP contribution in [0.1, 0.15) is 29.2 Å². The molecule has 21 heavy (non-hydrogen) atoms. The van der Waals surface area contributed by atoms with Crippen molar-refractivity contribution in [3.05, 3.63) is 64.7 Å². The van der Waals surface area contributed by atoms with Crippen LogP contribution in [0.15, 0.2) is 42.5 Å². The summed E-state index contributed by atoms with van der Waals surface area (Å²) < 4.78 is 5.80. The smallest absolute Gasteiger partial charge is 0.119 e. The maximum Gasteiger partial charge on any atom is 0.119 e. The van der Waals surface area contributed by atoms with E-state index in [1.807, 2.05) is 37.3 Å². The summed E-state index contributed by atoms with van der Waals surface area (Å²) in [4.78, 5) is 0. The first kappa shape index (κ1) is 15.1. The highest BCUT2D eigenvalue weighted by Crippen LogP contribution is 2.16. The second kappa shape index (κ2) is 7.47. The maximum atomic E-state index is 8.86. The summed E-state index contributed by atoms with van der Waals surface area (Å²) in [7, 11) is 0. The number of hydrogen-bond acceptors (Lipinski definition) is 3. The van der Waals surface area contributed by atoms with Gasteiger partial charge in [-0.05, 0) is 54.4 Å². The quantitative estimate of drug-likeness (QED) is 0.880. The van der Waals surface area contributed by atoms with Crippen molar-refractivity contribution in [1.82, 2.24) is 5.32 Å². The molecule has 0 aliphatic rings. The molecule has 3 nitrogen and oxygen atoms in total. The molecule has 1 N–H and O–H groups in total. The van der Waals surface area contributed by atoms with Gasteiger partial charge in [0.2, 0.25) is 0 Å². The Morgan fingerprint density at radius 1 is 1.14 bits per heavy atom. The van der Waals surface area contributed by atoms with Crippen molar-refractivity contribution >= 4 is 0 Å². The molecule has 0 radical (unpaired) electrons. The molecule has 0 aromatic heterocycles. The summed E-state index contributed by atoms with van der Waals surface area (Å²) in [6.07, 6.45) is 0. The Bertz CT molecular complexity index is 627. The largest absolute Gasteiger partial charge is 0.489 e. The van der Waals surface area contributed by atoms with Crippen LogP contribution >= 0.6 is 0 Å². The molecule has 2 aromatic rings. The molecule has 2 rings (SSSR count). The number of aryl methyl sites for hydroxylation is 1. The highest BCUT2D eigenvalue weighted by Gasteiger charge is 2.02. The van der Waals surface area contributed by atoms with Crippen LogP contribution in [0.3, 0.4) is 0 Å². The minimum absolute atomic E-state index is 0.518. The van der Waals surface area contributed by atoms with E-state index < -0.39 is 0 Å². The van der Waals surface area contributed by atoms with Crippen LogP contribution in [-0.2, 0) is 13.2 Å². The first-order valence-corrected chi connectivity index (χ1v) is 7.15. The van der Waals surface area contributed by atoms with Crippen LogP contribution in [0.4, 0.5) is 0 Å². The molecule has 0 atom stereocenters. The van der Waals surface area contributed by atoms with Crippen molar-refractivity contribution in [2.75, 3.05) is 6.54 Å². The number of benzene rings is 2. The Labute approximate surface area is 126 Å². The van der Waals surface area contributed by atoms with Crippen LogP contribution in [0.25, 0.3) is 0 Å². The Kier molecular flexibility index (Phi) is 5.36. The lowest BCUT2D eigenvalue weighted by Crippen LogP contribution is -2.11. The molecule has 0 bridgehead atoms. The zero-order valence-electron chi connectivity index (χ0n) is 12.5. The van der Waals surface area contributed by atoms with Crippen molar-refractivity contribution in [2.24, 2.45) is 0 Å². The first-order valence-electron chi connectivity index (χ1n) is 7.15. The molecule has 0 saturated carbocycles. The molecule has 0 saturated heterocycles. The van der Waals surface area contributed by atoms with Crippen LogP contribution in [0.5, 0.6) is 5.75 Å². The van der Waals surface area contributed by atoms with E-state index in [2.05, 4.69) is 30.4 Å². The van der Waals surface area contributed by atoms with Crippen LogP contribution in [0, 0.1) is 18.3 Å². The normalized spacial score (nSPS) is 10.1. The van der Waals surface area contributed by atoms with Gasteiger partial charge in [-0.2, -0.15) is 5.26 Å². The minimum atomic E-state index is 0.518. The third-order valence-corrected chi connectivity index (χ3v) is 3.37. The van der Waals surface area contributed by atoms with Gasteiger partial charge in [0, 0.05) is 6.54 Å². The molecule has 0 amide bonds. The van der Waals surface area contributed by atoms with Crippen molar-refractivity contribution in [2.45, 2.75) is 27.0 Å². The molecule has 108 valence electrons. The Morgan fingerprint density at radius 3 is 2.52 bits per heavy atom. The van der Waals surface area contributed by atoms with Gasteiger partial charge >= 0.3 is 0 Å². The van der Waals surface area contributed by atoms with Gasteiger partial charge in [0.25, 0.3) is 0 Å². The number of nitrogens with zero attached hydrogens (tertiary/aromatic N) is 1. The predicted molar refractivity (Wildman–Crippen MR) is 84.0 cm³/mol. The van der Waals surface area contributed by atoms with Gasteiger partial charge in [-0.1, -0.05) is 25.1 Å². The summed E-state index contributed by atoms with van der Waals surface area (Å²) in [6, 6.07) is 15.9. The first-order chi connectivity index (χ1) is 10.2. The van der Waals surface area contributed by atoms with Gasteiger partial charge in [-0.25, -0.2) is 0 Å². The fraction of sp³-hybridized carbons (Fsp3) is 0.278. The van der Waals surface area contributed by atoms with E-state index >= 15 is 0 Å². The van der Waals surface area contributed by atoms with Crippen molar-refractivity contribution in [3.8, 4) is 11.8 Å². The van der Waals surface area contributed by atoms with Crippen LogP contribution in [0.2, 0.25) is 0 Å². The molecule has 0 spiro atoms. The minimum Gasteiger partial charge on any atom is -0.489 e. The molecular weight excluding hydrogens is 260 g/mol. The number of nitrogens with one attached hydrogen (secondary N) is 1. The predicted octanol–water partition coefficient (Wildman–Crippen LogP) is 3.56. The zero-order valence-corrected chi connectivity index (χ0v) is 12.5. The molecule has 0 unspecified atom stereocenters. The average Bonchev–Trinajstić information content (AvgIpc) is 2.52. The second-order valence-electron chi connectivity index (χ2n) is 4.97. The highest BCUT2D eigenvalue weighted by atomic mass is 16.5. The Hall–Kier alpha value is -2.31. The molecular formula is C18H20N2O. The van der Waals surface area contributed by atoms with E-state index in [-0.39, 0.29) is 0 Å². The van der Waals surface area contributed by atoms with Crippen molar-refractivity contribution in [1.29, 1.82) is 5.26 Å². The standard InChI is InChI=1S/C18H20N2O/c1-3-20-12-15-5-8-18(9-6-15)21-13-17-7-4-16(11-19)10-14(17)2/h4-10,20H,3,12-13H2,1-2H3. The lowest BCUT2D eigenvalue weighted by atomic mass is 10.1. The van der Waals surface area contributed by atoms with Crippen LogP contribution < -0.4 is 10.1 Å². The molecule has 3 heteroatoms. The maximum absolute atomic E-state index is 8.86. The van der Waals surface area contributed by atoms with Gasteiger partial charge in [0.1, 0.15) is 12.4 Å². The van der Waals surface area contributed by atoms with Crippen molar-refractivity contribution in [3.63, 3.8) is 0 Å². The van der Waals surface area contributed by atoms with E-state index in [4.69, 9.17) is 10.00 Å². The monoisotopic (exact) mass is 280 g/mol. The number of nitriles is 1. The second-order valence-corrected chi connectivity index (χ2v) is 4.97. The number of hydrogen-bond donors (Lipinski definition) is 1. The number of ether oxygens (including phenoxy) is 1. The zero-order chi connectivity index (χ0) is 15.1. The Morgan fingerprint density at radius 2 is 1.90 bits per heavy atom. The van der Waals surface area contributed by atoms with E-state index in [0.29, 0.717) is 12.2 Å². The van der Waals surface area contributed by atoms with Crippen molar-refractivity contribution < 1.29 is 4.74 Å². The third-order valence-electron chi connectivity index (χ3n) is 3.37. The molecule has 0 aliphatic carbocycles. The van der Waals surface area contributed by atoms with E-state index in [9.17, 15) is 0 Å². The molecule has 0 aliphatic heterocycles.